The topological polar surface area (TPSA) is 61.4 Å². The van der Waals surface area contributed by atoms with Crippen LogP contribution >= 0.6 is 0 Å². The second-order valence-corrected chi connectivity index (χ2v) is 7.23. The zero-order valence-electron chi connectivity index (χ0n) is 16.1. The van der Waals surface area contributed by atoms with Gasteiger partial charge in [-0.1, -0.05) is 24.3 Å². The van der Waals surface area contributed by atoms with Gasteiger partial charge < -0.3 is 10.6 Å². The minimum absolute atomic E-state index is 0.0112. The Kier molecular flexibility index (Phi) is 6.76. The van der Waals surface area contributed by atoms with Gasteiger partial charge >= 0.3 is 0 Å². The van der Waals surface area contributed by atoms with Crippen molar-refractivity contribution in [2.75, 3.05) is 19.6 Å². The highest BCUT2D eigenvalue weighted by Gasteiger charge is 2.22. The molecule has 0 bridgehead atoms. The lowest BCUT2D eigenvalue weighted by atomic mass is 10.0. The Labute approximate surface area is 164 Å². The van der Waals surface area contributed by atoms with E-state index in [2.05, 4.69) is 15.5 Å². The van der Waals surface area contributed by atoms with Crippen molar-refractivity contribution in [3.63, 3.8) is 0 Å². The standard InChI is InChI=1S/C22H26FN3O2/c1-16-4-2-3-5-18(16)14-24-21(27)15-26-12-10-20(11-13-26)25-22(28)17-6-8-19(23)9-7-17/h2-9,20H,10-15H2,1H3,(H,24,27)(H,25,28). The van der Waals surface area contributed by atoms with Crippen molar-refractivity contribution in [3.8, 4) is 0 Å². The summed E-state index contributed by atoms with van der Waals surface area (Å²) >= 11 is 0. The maximum absolute atomic E-state index is 13.0. The molecule has 1 aliphatic rings. The van der Waals surface area contributed by atoms with Crippen molar-refractivity contribution < 1.29 is 14.0 Å². The normalized spacial score (nSPS) is 15.2. The summed E-state index contributed by atoms with van der Waals surface area (Å²) in [5.74, 6) is -0.531. The quantitative estimate of drug-likeness (QED) is 0.806. The largest absolute Gasteiger partial charge is 0.351 e. The molecule has 2 aromatic carbocycles. The van der Waals surface area contributed by atoms with Gasteiger partial charge in [-0.05, 0) is 55.2 Å². The molecule has 0 atom stereocenters. The van der Waals surface area contributed by atoms with Crippen LogP contribution in [0.2, 0.25) is 0 Å². The molecule has 2 amide bonds. The summed E-state index contributed by atoms with van der Waals surface area (Å²) in [7, 11) is 0. The molecule has 1 fully saturated rings. The zero-order valence-corrected chi connectivity index (χ0v) is 16.1. The number of rotatable bonds is 6. The summed E-state index contributed by atoms with van der Waals surface area (Å²) in [6.07, 6.45) is 1.58. The Hall–Kier alpha value is -2.73. The summed E-state index contributed by atoms with van der Waals surface area (Å²) in [6, 6.07) is 13.6. The molecule has 2 aromatic rings. The lowest BCUT2D eigenvalue weighted by molar-refractivity contribution is -0.122. The van der Waals surface area contributed by atoms with Gasteiger partial charge in [0.25, 0.3) is 5.91 Å². The second kappa shape index (κ2) is 9.46. The van der Waals surface area contributed by atoms with Crippen molar-refractivity contribution in [2.45, 2.75) is 32.4 Å². The zero-order chi connectivity index (χ0) is 19.9. The van der Waals surface area contributed by atoms with Gasteiger partial charge in [-0.25, -0.2) is 4.39 Å². The number of likely N-dealkylation sites (tertiary alicyclic amines) is 1. The van der Waals surface area contributed by atoms with Crippen molar-refractivity contribution in [2.24, 2.45) is 0 Å². The number of nitrogens with one attached hydrogen (secondary N) is 2. The second-order valence-electron chi connectivity index (χ2n) is 7.23. The van der Waals surface area contributed by atoms with Crippen LogP contribution < -0.4 is 10.6 Å². The average Bonchev–Trinajstić information content (AvgIpc) is 2.69. The van der Waals surface area contributed by atoms with E-state index in [-0.39, 0.29) is 23.7 Å². The highest BCUT2D eigenvalue weighted by Crippen LogP contribution is 2.12. The van der Waals surface area contributed by atoms with Crippen LogP contribution in [0.3, 0.4) is 0 Å². The molecular weight excluding hydrogens is 357 g/mol. The van der Waals surface area contributed by atoms with Crippen LogP contribution in [-0.2, 0) is 11.3 Å². The Morgan fingerprint density at radius 3 is 2.43 bits per heavy atom. The molecule has 0 aliphatic carbocycles. The number of hydrogen-bond donors (Lipinski definition) is 2. The molecule has 148 valence electrons. The molecule has 0 radical (unpaired) electrons. The SMILES string of the molecule is Cc1ccccc1CNC(=O)CN1CCC(NC(=O)c2ccc(F)cc2)CC1. The molecule has 1 aliphatic heterocycles. The lowest BCUT2D eigenvalue weighted by Crippen LogP contribution is -2.47. The van der Waals surface area contributed by atoms with E-state index in [1.807, 2.05) is 31.2 Å². The maximum Gasteiger partial charge on any atom is 0.251 e. The van der Waals surface area contributed by atoms with Crippen LogP contribution in [0.5, 0.6) is 0 Å². The van der Waals surface area contributed by atoms with Crippen LogP contribution in [-0.4, -0.2) is 42.4 Å². The summed E-state index contributed by atoms with van der Waals surface area (Å²) < 4.78 is 13.0. The van der Waals surface area contributed by atoms with E-state index in [1.54, 1.807) is 0 Å². The molecule has 28 heavy (non-hydrogen) atoms. The first-order valence-electron chi connectivity index (χ1n) is 9.61. The number of carbonyl (C=O) groups is 2. The fraction of sp³-hybridized carbons (Fsp3) is 0.364. The van der Waals surface area contributed by atoms with Gasteiger partial charge in [0.1, 0.15) is 5.82 Å². The highest BCUT2D eigenvalue weighted by atomic mass is 19.1. The first kappa shape index (κ1) is 20.0. The molecule has 2 N–H and O–H groups in total. The van der Waals surface area contributed by atoms with E-state index in [9.17, 15) is 14.0 Å². The van der Waals surface area contributed by atoms with Gasteiger partial charge in [-0.2, -0.15) is 0 Å². The summed E-state index contributed by atoms with van der Waals surface area (Å²) in [5, 5.41) is 5.97. The van der Waals surface area contributed by atoms with E-state index in [1.165, 1.54) is 29.8 Å². The maximum atomic E-state index is 13.0. The van der Waals surface area contributed by atoms with E-state index >= 15 is 0 Å². The number of nitrogens with zero attached hydrogens (tertiary/aromatic N) is 1. The predicted molar refractivity (Wildman–Crippen MR) is 106 cm³/mol. The molecule has 0 spiro atoms. The molecule has 5 nitrogen and oxygen atoms in total. The van der Waals surface area contributed by atoms with Crippen molar-refractivity contribution in [1.82, 2.24) is 15.5 Å². The molecule has 6 heteroatoms. The Balaban J connectivity index is 1.39. The minimum atomic E-state index is -0.356. The van der Waals surface area contributed by atoms with E-state index in [0.717, 1.165) is 31.5 Å². The van der Waals surface area contributed by atoms with Crippen LogP contribution in [0.1, 0.15) is 34.3 Å². The molecule has 0 saturated carbocycles. The molecule has 1 heterocycles. The first-order valence-corrected chi connectivity index (χ1v) is 9.61. The third-order valence-electron chi connectivity index (χ3n) is 5.13. The Morgan fingerprint density at radius 1 is 1.07 bits per heavy atom. The molecule has 0 unspecified atom stereocenters. The summed E-state index contributed by atoms with van der Waals surface area (Å²) in [5.41, 5.74) is 2.75. The Bertz CT molecular complexity index is 815. The highest BCUT2D eigenvalue weighted by molar-refractivity contribution is 5.94. The predicted octanol–water partition coefficient (Wildman–Crippen LogP) is 2.64. The van der Waals surface area contributed by atoms with Crippen LogP contribution in [0.15, 0.2) is 48.5 Å². The fourth-order valence-corrected chi connectivity index (χ4v) is 3.37. The van der Waals surface area contributed by atoms with Gasteiger partial charge in [0.2, 0.25) is 5.91 Å². The smallest absolute Gasteiger partial charge is 0.251 e. The monoisotopic (exact) mass is 383 g/mol. The van der Waals surface area contributed by atoms with Gasteiger partial charge in [0.05, 0.1) is 6.54 Å². The number of piperidine rings is 1. The lowest BCUT2D eigenvalue weighted by Gasteiger charge is -2.31. The summed E-state index contributed by atoms with van der Waals surface area (Å²) in [4.78, 5) is 26.5. The van der Waals surface area contributed by atoms with Crippen molar-refractivity contribution in [1.29, 1.82) is 0 Å². The van der Waals surface area contributed by atoms with Gasteiger partial charge in [0, 0.05) is 31.2 Å². The number of carbonyl (C=O) groups excluding carboxylic acids is 2. The van der Waals surface area contributed by atoms with Crippen LogP contribution in [0, 0.1) is 12.7 Å². The Morgan fingerprint density at radius 2 is 1.75 bits per heavy atom. The third-order valence-corrected chi connectivity index (χ3v) is 5.13. The molecule has 3 rings (SSSR count). The van der Waals surface area contributed by atoms with Crippen molar-refractivity contribution >= 4 is 11.8 Å². The van der Waals surface area contributed by atoms with Gasteiger partial charge in [0.15, 0.2) is 0 Å². The number of hydrogen-bond acceptors (Lipinski definition) is 3. The van der Waals surface area contributed by atoms with E-state index < -0.39 is 0 Å². The number of benzene rings is 2. The fourth-order valence-electron chi connectivity index (χ4n) is 3.37. The van der Waals surface area contributed by atoms with Crippen LogP contribution in [0.4, 0.5) is 4.39 Å². The molecule has 0 aromatic heterocycles. The average molecular weight is 383 g/mol. The summed E-state index contributed by atoms with van der Waals surface area (Å²) in [6.45, 7) is 4.45. The third kappa shape index (κ3) is 5.63. The first-order chi connectivity index (χ1) is 13.5. The van der Waals surface area contributed by atoms with E-state index in [0.29, 0.717) is 18.7 Å². The van der Waals surface area contributed by atoms with E-state index in [4.69, 9.17) is 0 Å². The number of amides is 2. The van der Waals surface area contributed by atoms with Gasteiger partial charge in [-0.15, -0.1) is 0 Å². The number of halogens is 1. The molecule has 1 saturated heterocycles. The van der Waals surface area contributed by atoms with Crippen LogP contribution in [0.25, 0.3) is 0 Å². The molecular formula is C22H26FN3O2. The van der Waals surface area contributed by atoms with Crippen molar-refractivity contribution in [3.05, 3.63) is 71.0 Å². The number of aryl methyl sites for hydroxylation is 1. The minimum Gasteiger partial charge on any atom is -0.351 e. The van der Waals surface area contributed by atoms with Gasteiger partial charge in [-0.3, -0.25) is 14.5 Å².